The summed E-state index contributed by atoms with van der Waals surface area (Å²) in [5.41, 5.74) is 1.57. The normalized spacial score (nSPS) is 14.4. The molecule has 0 spiro atoms. The first-order valence-corrected chi connectivity index (χ1v) is 12.5. The van der Waals surface area contributed by atoms with Crippen molar-refractivity contribution < 1.29 is 9.59 Å². The standard InChI is InChI=1S/C25H29Cl3N4O2/c26-20-6-8-21(9-7-20)30-25(34)32-16-14-31(15-17-32)13-3-1-2-12-29-24(33)11-5-19-4-10-22(27)23(28)18-19/h4-11,18H,1-3,12-17H2,(H,29,33)(H,30,34)/b11-5+. The fourth-order valence-electron chi connectivity index (χ4n) is 3.61. The molecule has 34 heavy (non-hydrogen) atoms. The van der Waals surface area contributed by atoms with Gasteiger partial charge in [-0.05, 0) is 67.4 Å². The monoisotopic (exact) mass is 522 g/mol. The van der Waals surface area contributed by atoms with Gasteiger partial charge in [0.15, 0.2) is 0 Å². The smallest absolute Gasteiger partial charge is 0.321 e. The summed E-state index contributed by atoms with van der Waals surface area (Å²) in [6.07, 6.45) is 6.24. The minimum absolute atomic E-state index is 0.0778. The third-order valence-electron chi connectivity index (χ3n) is 5.58. The molecule has 1 aliphatic rings. The third-order valence-corrected chi connectivity index (χ3v) is 6.57. The van der Waals surface area contributed by atoms with Crippen LogP contribution >= 0.6 is 34.8 Å². The highest BCUT2D eigenvalue weighted by molar-refractivity contribution is 6.42. The summed E-state index contributed by atoms with van der Waals surface area (Å²) in [5, 5.41) is 7.41. The molecule has 0 atom stereocenters. The number of unbranched alkanes of at least 4 members (excludes halogenated alkanes) is 2. The number of carbonyl (C=O) groups is 2. The van der Waals surface area contributed by atoms with Gasteiger partial charge in [0.25, 0.3) is 0 Å². The zero-order chi connectivity index (χ0) is 24.3. The molecular formula is C25H29Cl3N4O2. The lowest BCUT2D eigenvalue weighted by Crippen LogP contribution is -2.50. The number of piperazine rings is 1. The van der Waals surface area contributed by atoms with Gasteiger partial charge in [0.2, 0.25) is 5.91 Å². The van der Waals surface area contributed by atoms with Crippen molar-refractivity contribution in [1.29, 1.82) is 0 Å². The van der Waals surface area contributed by atoms with E-state index in [0.717, 1.165) is 50.1 Å². The minimum atomic E-state index is -0.126. The van der Waals surface area contributed by atoms with Gasteiger partial charge in [-0.15, -0.1) is 0 Å². The van der Waals surface area contributed by atoms with Crippen LogP contribution in [-0.4, -0.2) is 61.0 Å². The molecule has 3 rings (SSSR count). The number of rotatable bonds is 9. The van der Waals surface area contributed by atoms with E-state index in [0.29, 0.717) is 34.7 Å². The number of hydrogen-bond acceptors (Lipinski definition) is 3. The summed E-state index contributed by atoms with van der Waals surface area (Å²) < 4.78 is 0. The SMILES string of the molecule is O=C(/C=C/c1ccc(Cl)c(Cl)c1)NCCCCCN1CCN(C(=O)Nc2ccc(Cl)cc2)CC1. The quantitative estimate of drug-likeness (QED) is 0.323. The predicted octanol–water partition coefficient (Wildman–Crippen LogP) is 5.80. The molecule has 2 N–H and O–H groups in total. The van der Waals surface area contributed by atoms with Crippen LogP contribution < -0.4 is 10.6 Å². The van der Waals surface area contributed by atoms with E-state index in [4.69, 9.17) is 34.8 Å². The van der Waals surface area contributed by atoms with E-state index < -0.39 is 0 Å². The van der Waals surface area contributed by atoms with Crippen molar-refractivity contribution in [2.75, 3.05) is 44.6 Å². The van der Waals surface area contributed by atoms with E-state index in [9.17, 15) is 9.59 Å². The van der Waals surface area contributed by atoms with Crippen LogP contribution in [0.5, 0.6) is 0 Å². The number of urea groups is 1. The maximum Gasteiger partial charge on any atom is 0.321 e. The van der Waals surface area contributed by atoms with E-state index in [1.165, 1.54) is 6.08 Å². The molecule has 6 nitrogen and oxygen atoms in total. The molecule has 182 valence electrons. The number of anilines is 1. The second-order valence-corrected chi connectivity index (χ2v) is 9.38. The number of carbonyl (C=O) groups excluding carboxylic acids is 2. The number of halogens is 3. The molecule has 1 heterocycles. The highest BCUT2D eigenvalue weighted by Crippen LogP contribution is 2.23. The molecular weight excluding hydrogens is 495 g/mol. The van der Waals surface area contributed by atoms with Gasteiger partial charge in [-0.25, -0.2) is 4.79 Å². The molecule has 0 aromatic heterocycles. The maximum atomic E-state index is 12.4. The van der Waals surface area contributed by atoms with Crippen molar-refractivity contribution in [1.82, 2.24) is 15.1 Å². The van der Waals surface area contributed by atoms with E-state index in [2.05, 4.69) is 15.5 Å². The summed E-state index contributed by atoms with van der Waals surface area (Å²) >= 11 is 17.8. The lowest BCUT2D eigenvalue weighted by molar-refractivity contribution is -0.116. The first-order chi connectivity index (χ1) is 16.4. The molecule has 0 aliphatic carbocycles. The van der Waals surface area contributed by atoms with Gasteiger partial charge in [-0.1, -0.05) is 47.3 Å². The van der Waals surface area contributed by atoms with Crippen LogP contribution in [0.2, 0.25) is 15.1 Å². The second-order valence-electron chi connectivity index (χ2n) is 8.12. The molecule has 0 unspecified atom stereocenters. The van der Waals surface area contributed by atoms with Crippen molar-refractivity contribution in [2.24, 2.45) is 0 Å². The van der Waals surface area contributed by atoms with Crippen LogP contribution in [-0.2, 0) is 4.79 Å². The molecule has 0 saturated carbocycles. The van der Waals surface area contributed by atoms with Crippen molar-refractivity contribution in [2.45, 2.75) is 19.3 Å². The summed E-state index contributed by atoms with van der Waals surface area (Å²) in [6, 6.07) is 12.3. The Bertz CT molecular complexity index is 990. The number of nitrogens with one attached hydrogen (secondary N) is 2. The molecule has 3 amide bonds. The number of benzene rings is 2. The largest absolute Gasteiger partial charge is 0.353 e. The minimum Gasteiger partial charge on any atom is -0.353 e. The first-order valence-electron chi connectivity index (χ1n) is 11.4. The Labute approximate surface area is 215 Å². The van der Waals surface area contributed by atoms with E-state index in [-0.39, 0.29) is 11.9 Å². The van der Waals surface area contributed by atoms with Crippen molar-refractivity contribution in [3.05, 3.63) is 69.2 Å². The predicted molar refractivity (Wildman–Crippen MR) is 141 cm³/mol. The van der Waals surface area contributed by atoms with Gasteiger partial charge < -0.3 is 15.5 Å². The second kappa shape index (κ2) is 13.6. The van der Waals surface area contributed by atoms with Gasteiger partial charge in [-0.3, -0.25) is 9.69 Å². The molecule has 2 aromatic rings. The van der Waals surface area contributed by atoms with Crippen LogP contribution in [0.4, 0.5) is 10.5 Å². The molecule has 1 saturated heterocycles. The zero-order valence-electron chi connectivity index (χ0n) is 18.9. The third kappa shape index (κ3) is 8.84. The maximum absolute atomic E-state index is 12.4. The highest BCUT2D eigenvalue weighted by Gasteiger charge is 2.20. The van der Waals surface area contributed by atoms with E-state index >= 15 is 0 Å². The summed E-state index contributed by atoms with van der Waals surface area (Å²) in [6.45, 7) is 4.79. The topological polar surface area (TPSA) is 64.7 Å². The van der Waals surface area contributed by atoms with Gasteiger partial charge in [-0.2, -0.15) is 0 Å². The van der Waals surface area contributed by atoms with E-state index in [1.807, 2.05) is 11.0 Å². The van der Waals surface area contributed by atoms with E-state index in [1.54, 1.807) is 42.5 Å². The molecule has 1 aliphatic heterocycles. The number of amides is 3. The summed E-state index contributed by atoms with van der Waals surface area (Å²) in [4.78, 5) is 28.6. The summed E-state index contributed by atoms with van der Waals surface area (Å²) in [5.74, 6) is -0.126. The summed E-state index contributed by atoms with van der Waals surface area (Å²) in [7, 11) is 0. The molecule has 1 fully saturated rings. The lowest BCUT2D eigenvalue weighted by atomic mass is 10.2. The van der Waals surface area contributed by atoms with Crippen molar-refractivity contribution in [3.63, 3.8) is 0 Å². The van der Waals surface area contributed by atoms with Crippen LogP contribution in [0.1, 0.15) is 24.8 Å². The Kier molecular flexibility index (Phi) is 10.5. The van der Waals surface area contributed by atoms with Crippen molar-refractivity contribution >= 4 is 58.5 Å². The van der Waals surface area contributed by atoms with Crippen LogP contribution in [0.25, 0.3) is 6.08 Å². The Morgan fingerprint density at radius 3 is 2.32 bits per heavy atom. The fourth-order valence-corrected chi connectivity index (χ4v) is 4.04. The molecule has 9 heteroatoms. The lowest BCUT2D eigenvalue weighted by Gasteiger charge is -2.34. The molecule has 0 bridgehead atoms. The molecule has 0 radical (unpaired) electrons. The van der Waals surface area contributed by atoms with Gasteiger partial charge in [0.05, 0.1) is 10.0 Å². The Balaban J connectivity index is 1.24. The Hall–Kier alpha value is -2.25. The van der Waals surface area contributed by atoms with Crippen LogP contribution in [0, 0.1) is 0 Å². The average molecular weight is 524 g/mol. The number of hydrogen-bond donors (Lipinski definition) is 2. The zero-order valence-corrected chi connectivity index (χ0v) is 21.2. The number of nitrogens with zero attached hydrogens (tertiary/aromatic N) is 2. The van der Waals surface area contributed by atoms with Gasteiger partial charge >= 0.3 is 6.03 Å². The van der Waals surface area contributed by atoms with Gasteiger partial charge in [0, 0.05) is 49.5 Å². The first kappa shape index (κ1) is 26.4. The fraction of sp³-hybridized carbons (Fsp3) is 0.360. The van der Waals surface area contributed by atoms with Crippen LogP contribution in [0.15, 0.2) is 48.5 Å². The van der Waals surface area contributed by atoms with Crippen molar-refractivity contribution in [3.8, 4) is 0 Å². The highest BCUT2D eigenvalue weighted by atomic mass is 35.5. The Morgan fingerprint density at radius 2 is 1.62 bits per heavy atom. The van der Waals surface area contributed by atoms with Crippen LogP contribution in [0.3, 0.4) is 0 Å². The Morgan fingerprint density at radius 1 is 0.882 bits per heavy atom. The molecule has 2 aromatic carbocycles. The average Bonchev–Trinajstić information content (AvgIpc) is 2.84. The van der Waals surface area contributed by atoms with Gasteiger partial charge in [0.1, 0.15) is 0 Å².